The molecule has 2 aromatic heterocycles. The average Bonchev–Trinajstić information content (AvgIpc) is 2.83. The molecule has 2 aromatic rings. The van der Waals surface area contributed by atoms with Gasteiger partial charge in [-0.05, 0) is 20.8 Å². The minimum absolute atomic E-state index is 0.0534. The zero-order valence-electron chi connectivity index (χ0n) is 13.3. The maximum atomic E-state index is 12.4. The first kappa shape index (κ1) is 16.6. The number of rotatable bonds is 7. The van der Waals surface area contributed by atoms with Crippen molar-refractivity contribution in [3.8, 4) is 5.75 Å². The van der Waals surface area contributed by atoms with E-state index in [4.69, 9.17) is 9.47 Å². The first-order valence-corrected chi connectivity index (χ1v) is 7.94. The van der Waals surface area contributed by atoms with Crippen molar-refractivity contribution in [2.45, 2.75) is 33.3 Å². The van der Waals surface area contributed by atoms with Crippen molar-refractivity contribution in [1.82, 2.24) is 9.97 Å². The average molecular weight is 320 g/mol. The zero-order chi connectivity index (χ0) is 16.1. The van der Waals surface area contributed by atoms with E-state index in [9.17, 15) is 4.79 Å². The molecule has 2 heterocycles. The normalized spacial score (nSPS) is 12.2. The molecule has 0 aliphatic carbocycles. The maximum absolute atomic E-state index is 12.4. The van der Waals surface area contributed by atoms with Crippen molar-refractivity contribution < 1.29 is 14.3 Å². The van der Waals surface area contributed by atoms with Crippen LogP contribution in [0.4, 0.5) is 0 Å². The van der Waals surface area contributed by atoms with Crippen molar-refractivity contribution in [3.63, 3.8) is 0 Å². The molecule has 0 amide bonds. The van der Waals surface area contributed by atoms with Crippen molar-refractivity contribution >= 4 is 17.1 Å². The fraction of sp³-hybridized carbons (Fsp3) is 0.438. The van der Waals surface area contributed by atoms with E-state index in [1.165, 1.54) is 11.3 Å². The molecule has 0 N–H and O–H groups in total. The Hall–Kier alpha value is -1.79. The van der Waals surface area contributed by atoms with Crippen molar-refractivity contribution in [2.75, 3.05) is 13.7 Å². The number of carbonyl (C=O) groups excluding carboxylic acids is 1. The molecule has 0 fully saturated rings. The third-order valence-electron chi connectivity index (χ3n) is 2.93. The molecule has 22 heavy (non-hydrogen) atoms. The fourth-order valence-corrected chi connectivity index (χ4v) is 2.83. The second-order valence-corrected chi connectivity index (χ2v) is 6.14. The number of carbonyl (C=O) groups is 1. The molecule has 0 aliphatic heterocycles. The van der Waals surface area contributed by atoms with Gasteiger partial charge in [-0.15, -0.1) is 11.3 Å². The van der Waals surface area contributed by atoms with Crippen LogP contribution in [-0.2, 0) is 11.2 Å². The van der Waals surface area contributed by atoms with Gasteiger partial charge in [0.1, 0.15) is 22.6 Å². The van der Waals surface area contributed by atoms with Crippen LogP contribution in [0.25, 0.3) is 0 Å². The number of nitrogens with zero attached hydrogens (tertiary/aromatic N) is 2. The summed E-state index contributed by atoms with van der Waals surface area (Å²) in [6, 6.07) is 3.50. The highest BCUT2D eigenvalue weighted by Crippen LogP contribution is 2.18. The highest BCUT2D eigenvalue weighted by molar-refractivity contribution is 7.09. The minimum atomic E-state index is -0.0867. The van der Waals surface area contributed by atoms with Crippen molar-refractivity contribution in [3.05, 3.63) is 39.6 Å². The molecule has 0 radical (unpaired) electrons. The first-order valence-electron chi connectivity index (χ1n) is 7.06. The van der Waals surface area contributed by atoms with Crippen LogP contribution >= 0.6 is 11.3 Å². The van der Waals surface area contributed by atoms with Crippen LogP contribution in [0.5, 0.6) is 5.75 Å². The Morgan fingerprint density at radius 2 is 2.05 bits per heavy atom. The number of hydrogen-bond acceptors (Lipinski definition) is 6. The number of hydrogen-bond donors (Lipinski definition) is 0. The van der Waals surface area contributed by atoms with E-state index in [1.54, 1.807) is 13.2 Å². The predicted octanol–water partition coefficient (Wildman–Crippen LogP) is 2.99. The summed E-state index contributed by atoms with van der Waals surface area (Å²) in [5.41, 5.74) is 2.09. The van der Waals surface area contributed by atoms with Crippen LogP contribution in [0, 0.1) is 13.8 Å². The number of pyridine rings is 1. The Morgan fingerprint density at radius 1 is 1.27 bits per heavy atom. The standard InChI is InChI=1S/C16H20N2O3S/c1-10-5-13(21-12(3)8-20-4)6-14(17-10)15(19)7-16-18-11(2)9-22-16/h5-6,9,12H,7-8H2,1-4H3/t12-/m0/s1. The Labute approximate surface area is 134 Å². The lowest BCUT2D eigenvalue weighted by Gasteiger charge is -2.14. The maximum Gasteiger partial charge on any atom is 0.188 e. The second kappa shape index (κ2) is 7.47. The van der Waals surface area contributed by atoms with E-state index in [2.05, 4.69) is 9.97 Å². The molecule has 0 unspecified atom stereocenters. The van der Waals surface area contributed by atoms with E-state index in [0.29, 0.717) is 18.1 Å². The lowest BCUT2D eigenvalue weighted by molar-refractivity contribution is 0.0913. The van der Waals surface area contributed by atoms with Gasteiger partial charge in [0.2, 0.25) is 0 Å². The molecule has 0 saturated heterocycles. The van der Waals surface area contributed by atoms with Crippen LogP contribution in [0.1, 0.15) is 33.8 Å². The Morgan fingerprint density at radius 3 is 2.68 bits per heavy atom. The van der Waals surface area contributed by atoms with E-state index in [0.717, 1.165) is 16.4 Å². The van der Waals surface area contributed by atoms with Gasteiger partial charge in [-0.3, -0.25) is 4.79 Å². The van der Waals surface area contributed by atoms with Gasteiger partial charge in [0.25, 0.3) is 0 Å². The Balaban J connectivity index is 2.12. The largest absolute Gasteiger partial charge is 0.488 e. The Kier molecular flexibility index (Phi) is 5.63. The van der Waals surface area contributed by atoms with Crippen LogP contribution in [-0.4, -0.2) is 35.6 Å². The summed E-state index contributed by atoms with van der Waals surface area (Å²) in [5.74, 6) is 0.581. The summed E-state index contributed by atoms with van der Waals surface area (Å²) in [5, 5.41) is 2.74. The third-order valence-corrected chi connectivity index (χ3v) is 3.90. The van der Waals surface area contributed by atoms with Crippen LogP contribution in [0.15, 0.2) is 17.5 Å². The zero-order valence-corrected chi connectivity index (χ0v) is 14.1. The van der Waals surface area contributed by atoms with Gasteiger partial charge in [-0.25, -0.2) is 9.97 Å². The summed E-state index contributed by atoms with van der Waals surface area (Å²) < 4.78 is 10.8. The monoisotopic (exact) mass is 320 g/mol. The molecule has 0 aliphatic rings. The summed E-state index contributed by atoms with van der Waals surface area (Å²) in [6.45, 7) is 6.17. The quantitative estimate of drug-likeness (QED) is 0.734. The number of ether oxygens (including phenoxy) is 2. The number of aryl methyl sites for hydroxylation is 2. The summed E-state index contributed by atoms with van der Waals surface area (Å²) >= 11 is 1.49. The van der Waals surface area contributed by atoms with E-state index in [-0.39, 0.29) is 18.3 Å². The summed E-state index contributed by atoms with van der Waals surface area (Å²) in [7, 11) is 1.63. The number of Topliss-reactive ketones (excluding diaryl/α,β-unsaturated/α-hetero) is 1. The van der Waals surface area contributed by atoms with Gasteiger partial charge in [-0.1, -0.05) is 0 Å². The highest BCUT2D eigenvalue weighted by Gasteiger charge is 2.14. The molecule has 1 atom stereocenters. The smallest absolute Gasteiger partial charge is 0.188 e. The van der Waals surface area contributed by atoms with Gasteiger partial charge < -0.3 is 9.47 Å². The number of thiazole rings is 1. The van der Waals surface area contributed by atoms with Gasteiger partial charge in [-0.2, -0.15) is 0 Å². The van der Waals surface area contributed by atoms with Crippen LogP contribution < -0.4 is 4.74 Å². The number of methoxy groups -OCH3 is 1. The molecule has 0 spiro atoms. The lowest BCUT2D eigenvalue weighted by Crippen LogP contribution is -2.18. The number of ketones is 1. The molecular weight excluding hydrogens is 300 g/mol. The van der Waals surface area contributed by atoms with Crippen molar-refractivity contribution in [2.24, 2.45) is 0 Å². The van der Waals surface area contributed by atoms with Crippen LogP contribution in [0.2, 0.25) is 0 Å². The van der Waals surface area contributed by atoms with E-state index in [1.807, 2.05) is 32.2 Å². The SMILES string of the molecule is COC[C@H](C)Oc1cc(C)nc(C(=O)Cc2nc(C)cs2)c1. The van der Waals surface area contributed by atoms with Crippen molar-refractivity contribution in [1.29, 1.82) is 0 Å². The van der Waals surface area contributed by atoms with Gasteiger partial charge in [0.05, 0.1) is 13.0 Å². The fourth-order valence-electron chi connectivity index (χ4n) is 2.06. The molecule has 2 rings (SSSR count). The highest BCUT2D eigenvalue weighted by atomic mass is 32.1. The molecule has 5 nitrogen and oxygen atoms in total. The second-order valence-electron chi connectivity index (χ2n) is 5.20. The summed E-state index contributed by atoms with van der Waals surface area (Å²) in [6.07, 6.45) is 0.179. The molecule has 0 bridgehead atoms. The molecule has 118 valence electrons. The van der Waals surface area contributed by atoms with E-state index >= 15 is 0 Å². The minimum Gasteiger partial charge on any atom is -0.488 e. The molecule has 0 aromatic carbocycles. The van der Waals surface area contributed by atoms with Crippen LogP contribution in [0.3, 0.4) is 0 Å². The van der Waals surface area contributed by atoms with Gasteiger partial charge in [0.15, 0.2) is 5.78 Å². The van der Waals surface area contributed by atoms with Gasteiger partial charge in [0, 0.05) is 36.0 Å². The lowest BCUT2D eigenvalue weighted by atomic mass is 10.2. The number of aromatic nitrogens is 2. The molecule has 0 saturated carbocycles. The Bertz CT molecular complexity index is 655. The predicted molar refractivity (Wildman–Crippen MR) is 85.8 cm³/mol. The molecule has 6 heteroatoms. The third kappa shape index (κ3) is 4.61. The first-order chi connectivity index (χ1) is 10.5. The van der Waals surface area contributed by atoms with Gasteiger partial charge >= 0.3 is 0 Å². The summed E-state index contributed by atoms with van der Waals surface area (Å²) in [4.78, 5) is 21.0. The van der Waals surface area contributed by atoms with E-state index < -0.39 is 0 Å². The topological polar surface area (TPSA) is 61.3 Å². The molecular formula is C16H20N2O3S.